The van der Waals surface area contributed by atoms with Gasteiger partial charge in [-0.05, 0) is 55.5 Å². The molecule has 1 saturated heterocycles. The largest absolute Gasteiger partial charge is 0.346 e. The third-order valence-electron chi connectivity index (χ3n) is 5.78. The van der Waals surface area contributed by atoms with Gasteiger partial charge in [-0.1, -0.05) is 24.3 Å². The van der Waals surface area contributed by atoms with E-state index in [1.807, 2.05) is 35.1 Å². The van der Waals surface area contributed by atoms with Crippen molar-refractivity contribution >= 4 is 33.3 Å². The first kappa shape index (κ1) is 22.8. The van der Waals surface area contributed by atoms with E-state index in [0.29, 0.717) is 36.7 Å². The van der Waals surface area contributed by atoms with Crippen LogP contribution in [-0.4, -0.2) is 58.3 Å². The van der Waals surface area contributed by atoms with Crippen molar-refractivity contribution < 1.29 is 13.2 Å². The molecule has 170 valence electrons. The highest BCUT2D eigenvalue weighted by Gasteiger charge is 2.33. The van der Waals surface area contributed by atoms with E-state index in [9.17, 15) is 13.2 Å². The lowest BCUT2D eigenvalue weighted by Gasteiger charge is -2.31. The van der Waals surface area contributed by atoms with Gasteiger partial charge in [-0.2, -0.15) is 16.1 Å². The zero-order valence-electron chi connectivity index (χ0n) is 17.9. The van der Waals surface area contributed by atoms with Crippen LogP contribution in [0.1, 0.15) is 31.1 Å². The number of pyridine rings is 1. The lowest BCUT2D eigenvalue weighted by molar-refractivity contribution is -0.127. The third-order valence-corrected chi connectivity index (χ3v) is 8.34. The van der Waals surface area contributed by atoms with Crippen LogP contribution in [0.2, 0.25) is 0 Å². The highest BCUT2D eigenvalue weighted by atomic mass is 32.2. The van der Waals surface area contributed by atoms with Crippen LogP contribution in [0.15, 0.2) is 59.6 Å². The number of fused-ring (bicyclic) bond motifs is 1. The minimum absolute atomic E-state index is 0.0551. The lowest BCUT2D eigenvalue weighted by atomic mass is 9.96. The zero-order chi connectivity index (χ0) is 22.6. The molecular formula is C22H27N5O3S2. The molecule has 10 heteroatoms. The molecule has 2 aromatic heterocycles. The topological polar surface area (TPSA) is 96.7 Å². The molecule has 0 aliphatic carbocycles. The van der Waals surface area contributed by atoms with Gasteiger partial charge in [-0.3, -0.25) is 9.20 Å². The molecule has 3 heterocycles. The molecule has 0 radical (unpaired) electrons. The van der Waals surface area contributed by atoms with Crippen molar-refractivity contribution in [2.45, 2.75) is 30.2 Å². The summed E-state index contributed by atoms with van der Waals surface area (Å²) in [6.07, 6.45) is 5.66. The molecule has 1 amide bonds. The number of nitrogens with zero attached hydrogens (tertiary/aromatic N) is 4. The number of carbonyl (C=O) groups excluding carboxylic acids is 1. The SMILES string of the molecule is CSCCC(NC(=O)C1CCN(S(=O)(=O)c2ccccc2)CC1)c1nnc2ccccn12. The van der Waals surface area contributed by atoms with Gasteiger partial charge in [0.1, 0.15) is 0 Å². The van der Waals surface area contributed by atoms with Crippen molar-refractivity contribution in [2.75, 3.05) is 25.1 Å². The normalized spacial score (nSPS) is 16.8. The summed E-state index contributed by atoms with van der Waals surface area (Å²) in [5.41, 5.74) is 0.741. The average molecular weight is 474 g/mol. The van der Waals surface area contributed by atoms with E-state index >= 15 is 0 Å². The lowest BCUT2D eigenvalue weighted by Crippen LogP contribution is -2.44. The number of carbonyl (C=O) groups is 1. The number of hydrogen-bond donors (Lipinski definition) is 1. The van der Waals surface area contributed by atoms with Crippen LogP contribution in [0.3, 0.4) is 0 Å². The van der Waals surface area contributed by atoms with Crippen molar-refractivity contribution in [3.05, 3.63) is 60.6 Å². The van der Waals surface area contributed by atoms with Gasteiger partial charge in [0.15, 0.2) is 11.5 Å². The Bertz CT molecular complexity index is 1160. The Morgan fingerprint density at radius 3 is 2.56 bits per heavy atom. The Balaban J connectivity index is 1.42. The van der Waals surface area contributed by atoms with Crippen LogP contribution >= 0.6 is 11.8 Å². The predicted molar refractivity (Wildman–Crippen MR) is 125 cm³/mol. The molecule has 0 saturated carbocycles. The molecule has 1 aliphatic rings. The number of sulfonamides is 1. The molecule has 1 fully saturated rings. The van der Waals surface area contributed by atoms with Crippen LogP contribution in [-0.2, 0) is 14.8 Å². The maximum absolute atomic E-state index is 13.1. The van der Waals surface area contributed by atoms with Crippen LogP contribution in [0, 0.1) is 5.92 Å². The van der Waals surface area contributed by atoms with Gasteiger partial charge in [-0.15, -0.1) is 10.2 Å². The molecule has 1 aliphatic heterocycles. The molecule has 1 N–H and O–H groups in total. The van der Waals surface area contributed by atoms with E-state index in [1.165, 1.54) is 4.31 Å². The van der Waals surface area contributed by atoms with E-state index in [0.717, 1.165) is 17.8 Å². The van der Waals surface area contributed by atoms with Gasteiger partial charge in [0.2, 0.25) is 15.9 Å². The fourth-order valence-corrected chi connectivity index (χ4v) is 5.95. The van der Waals surface area contributed by atoms with Gasteiger partial charge in [0.25, 0.3) is 0 Å². The van der Waals surface area contributed by atoms with Crippen molar-refractivity contribution in [2.24, 2.45) is 5.92 Å². The maximum atomic E-state index is 13.1. The number of hydrogen-bond acceptors (Lipinski definition) is 6. The summed E-state index contributed by atoms with van der Waals surface area (Å²) in [6.45, 7) is 0.664. The van der Waals surface area contributed by atoms with E-state index in [2.05, 4.69) is 15.5 Å². The summed E-state index contributed by atoms with van der Waals surface area (Å²) in [6, 6.07) is 13.9. The van der Waals surface area contributed by atoms with Crippen LogP contribution in [0.25, 0.3) is 5.65 Å². The minimum Gasteiger partial charge on any atom is -0.346 e. The standard InChI is InChI=1S/C22H27N5O3S2/c1-31-16-12-19(21-25-24-20-9-5-6-13-27(20)21)23-22(28)17-10-14-26(15-11-17)32(29,30)18-7-3-2-4-8-18/h2-9,13,17,19H,10-12,14-16H2,1H3,(H,23,28). The van der Waals surface area contributed by atoms with Gasteiger partial charge >= 0.3 is 0 Å². The average Bonchev–Trinajstić information content (AvgIpc) is 3.26. The number of aromatic nitrogens is 3. The first-order valence-electron chi connectivity index (χ1n) is 10.6. The first-order chi connectivity index (χ1) is 15.5. The van der Waals surface area contributed by atoms with E-state index < -0.39 is 10.0 Å². The van der Waals surface area contributed by atoms with Gasteiger partial charge in [0.05, 0.1) is 10.9 Å². The molecule has 8 nitrogen and oxygen atoms in total. The number of rotatable bonds is 8. The fourth-order valence-electron chi connectivity index (χ4n) is 3.99. The fraction of sp³-hybridized carbons (Fsp3) is 0.409. The van der Waals surface area contributed by atoms with Gasteiger partial charge in [-0.25, -0.2) is 8.42 Å². The second kappa shape index (κ2) is 10.0. The van der Waals surface area contributed by atoms with Crippen molar-refractivity contribution in [1.29, 1.82) is 0 Å². The molecular weight excluding hydrogens is 446 g/mol. The highest BCUT2D eigenvalue weighted by Crippen LogP contribution is 2.25. The second-order valence-corrected chi connectivity index (χ2v) is 10.7. The van der Waals surface area contributed by atoms with E-state index in [4.69, 9.17) is 0 Å². The minimum atomic E-state index is -3.53. The number of piperidine rings is 1. The number of amides is 1. The van der Waals surface area contributed by atoms with E-state index in [1.54, 1.807) is 42.1 Å². The summed E-state index contributed by atoms with van der Waals surface area (Å²) in [5, 5.41) is 11.7. The second-order valence-electron chi connectivity index (χ2n) is 7.82. The monoisotopic (exact) mass is 473 g/mol. The Morgan fingerprint density at radius 1 is 1.12 bits per heavy atom. The zero-order valence-corrected chi connectivity index (χ0v) is 19.6. The summed E-state index contributed by atoms with van der Waals surface area (Å²) in [7, 11) is -3.53. The Kier molecular flexibility index (Phi) is 7.12. The Morgan fingerprint density at radius 2 is 1.84 bits per heavy atom. The first-order valence-corrected chi connectivity index (χ1v) is 13.5. The van der Waals surface area contributed by atoms with Crippen molar-refractivity contribution in [3.63, 3.8) is 0 Å². The van der Waals surface area contributed by atoms with Crippen molar-refractivity contribution in [3.8, 4) is 0 Å². The molecule has 4 rings (SSSR count). The van der Waals surface area contributed by atoms with E-state index in [-0.39, 0.29) is 17.9 Å². The van der Waals surface area contributed by atoms with Crippen LogP contribution in [0.5, 0.6) is 0 Å². The molecule has 1 atom stereocenters. The highest BCUT2D eigenvalue weighted by molar-refractivity contribution is 7.98. The molecule has 32 heavy (non-hydrogen) atoms. The number of thioether (sulfide) groups is 1. The Labute approximate surface area is 192 Å². The van der Waals surface area contributed by atoms with Gasteiger partial charge in [0, 0.05) is 25.2 Å². The summed E-state index contributed by atoms with van der Waals surface area (Å²) in [5.74, 6) is 1.31. The maximum Gasteiger partial charge on any atom is 0.243 e. The summed E-state index contributed by atoms with van der Waals surface area (Å²) in [4.78, 5) is 13.4. The van der Waals surface area contributed by atoms with Gasteiger partial charge < -0.3 is 5.32 Å². The molecule has 0 spiro atoms. The number of benzene rings is 1. The van der Waals surface area contributed by atoms with Crippen LogP contribution < -0.4 is 5.32 Å². The summed E-state index contributed by atoms with van der Waals surface area (Å²) < 4.78 is 29.1. The van der Waals surface area contributed by atoms with Crippen molar-refractivity contribution in [1.82, 2.24) is 24.2 Å². The Hall–Kier alpha value is -2.43. The number of nitrogens with one attached hydrogen (secondary N) is 1. The molecule has 1 aromatic carbocycles. The molecule has 0 bridgehead atoms. The molecule has 3 aromatic rings. The molecule has 1 unspecified atom stereocenters. The smallest absolute Gasteiger partial charge is 0.243 e. The van der Waals surface area contributed by atoms with Crippen LogP contribution in [0.4, 0.5) is 0 Å². The predicted octanol–water partition coefficient (Wildman–Crippen LogP) is 2.74. The quantitative estimate of drug-likeness (QED) is 0.540. The third kappa shape index (κ3) is 4.82. The summed E-state index contributed by atoms with van der Waals surface area (Å²) >= 11 is 1.71.